The number of amides is 2. The number of carbonyl (C=O) groups excluding carboxylic acids is 2. The molecular weight excluding hydrogens is 260 g/mol. The van der Waals surface area contributed by atoms with Crippen molar-refractivity contribution in [3.8, 4) is 12.1 Å². The summed E-state index contributed by atoms with van der Waals surface area (Å²) >= 11 is 0. The SMILES string of the molecule is N#CCC(=O)N=Nc1ccc(NNC(=O)CC#N)cc1. The summed E-state index contributed by atoms with van der Waals surface area (Å²) < 4.78 is 0. The number of nitriles is 2. The lowest BCUT2D eigenvalue weighted by atomic mass is 10.3. The predicted molar refractivity (Wildman–Crippen MR) is 68.2 cm³/mol. The molecule has 0 radical (unpaired) electrons. The second-order valence-corrected chi connectivity index (χ2v) is 3.48. The summed E-state index contributed by atoms with van der Waals surface area (Å²) in [6, 6.07) is 9.75. The number of benzene rings is 1. The number of hydrogen-bond donors (Lipinski definition) is 2. The predicted octanol–water partition coefficient (Wildman–Crippen LogP) is 1.57. The van der Waals surface area contributed by atoms with Crippen LogP contribution < -0.4 is 10.9 Å². The summed E-state index contributed by atoms with van der Waals surface area (Å²) in [5.41, 5.74) is 5.96. The highest BCUT2D eigenvalue weighted by molar-refractivity contribution is 5.79. The molecule has 0 aliphatic heterocycles. The highest BCUT2D eigenvalue weighted by Crippen LogP contribution is 2.16. The molecule has 8 nitrogen and oxygen atoms in total. The zero-order chi connectivity index (χ0) is 14.8. The van der Waals surface area contributed by atoms with Gasteiger partial charge in [-0.1, -0.05) is 0 Å². The Hall–Kier alpha value is -3.26. The third kappa shape index (κ3) is 5.38. The van der Waals surface area contributed by atoms with Gasteiger partial charge < -0.3 is 0 Å². The van der Waals surface area contributed by atoms with Crippen molar-refractivity contribution in [2.75, 3.05) is 5.43 Å². The van der Waals surface area contributed by atoms with Crippen LogP contribution in [0.25, 0.3) is 0 Å². The van der Waals surface area contributed by atoms with Gasteiger partial charge in [-0.05, 0) is 24.3 Å². The van der Waals surface area contributed by atoms with Crippen LogP contribution >= 0.6 is 0 Å². The number of hydrazine groups is 1. The summed E-state index contributed by atoms with van der Waals surface area (Å²) in [7, 11) is 0. The van der Waals surface area contributed by atoms with Gasteiger partial charge in [0.2, 0.25) is 0 Å². The van der Waals surface area contributed by atoms with Crippen molar-refractivity contribution in [3.05, 3.63) is 24.3 Å². The maximum absolute atomic E-state index is 11.0. The molecule has 1 aromatic rings. The quantitative estimate of drug-likeness (QED) is 0.619. The van der Waals surface area contributed by atoms with E-state index in [2.05, 4.69) is 21.1 Å². The lowest BCUT2D eigenvalue weighted by Gasteiger charge is -2.06. The van der Waals surface area contributed by atoms with Crippen LogP contribution in [-0.4, -0.2) is 11.8 Å². The van der Waals surface area contributed by atoms with Gasteiger partial charge in [0.1, 0.15) is 12.8 Å². The first-order valence-electron chi connectivity index (χ1n) is 5.49. The molecule has 0 aliphatic rings. The molecule has 0 saturated heterocycles. The highest BCUT2D eigenvalue weighted by Gasteiger charge is 1.99. The standard InChI is InChI=1S/C12H10N6O2/c13-7-5-11(19)17-15-9-1-2-10(4-3-9)16-18-12(20)6-8-14/h1-4,15H,5-6H2,(H,17,19). The zero-order valence-corrected chi connectivity index (χ0v) is 10.3. The van der Waals surface area contributed by atoms with Crippen molar-refractivity contribution in [2.45, 2.75) is 12.8 Å². The Balaban J connectivity index is 2.53. The van der Waals surface area contributed by atoms with Crippen molar-refractivity contribution < 1.29 is 9.59 Å². The molecule has 0 aromatic heterocycles. The summed E-state index contributed by atoms with van der Waals surface area (Å²) in [5, 5.41) is 23.6. The van der Waals surface area contributed by atoms with Gasteiger partial charge in [-0.2, -0.15) is 10.5 Å². The number of hydrogen-bond acceptors (Lipinski definition) is 6. The maximum Gasteiger partial charge on any atom is 0.278 e. The van der Waals surface area contributed by atoms with Gasteiger partial charge in [-0.25, -0.2) is 0 Å². The molecule has 2 amide bonds. The van der Waals surface area contributed by atoms with E-state index in [-0.39, 0.29) is 12.8 Å². The van der Waals surface area contributed by atoms with Crippen molar-refractivity contribution in [3.63, 3.8) is 0 Å². The smallest absolute Gasteiger partial charge is 0.278 e. The molecule has 0 saturated carbocycles. The molecule has 0 fully saturated rings. The first kappa shape index (κ1) is 14.8. The Kier molecular flexibility index (Phi) is 5.88. The van der Waals surface area contributed by atoms with Gasteiger partial charge in [0.15, 0.2) is 0 Å². The normalized spacial score (nSPS) is 9.50. The molecule has 2 N–H and O–H groups in total. The Bertz CT molecular complexity index is 594. The van der Waals surface area contributed by atoms with Crippen molar-refractivity contribution in [1.82, 2.24) is 5.43 Å². The van der Waals surface area contributed by atoms with E-state index in [0.717, 1.165) is 0 Å². The molecule has 0 aliphatic carbocycles. The van der Waals surface area contributed by atoms with E-state index in [1.807, 2.05) is 0 Å². The summed E-state index contributed by atoms with van der Waals surface area (Å²) in [6.07, 6.45) is -0.547. The number of nitrogens with one attached hydrogen (secondary N) is 2. The van der Waals surface area contributed by atoms with Crippen LogP contribution in [0.4, 0.5) is 11.4 Å². The Morgan fingerprint density at radius 3 is 2.35 bits per heavy atom. The minimum absolute atomic E-state index is 0.236. The van der Waals surface area contributed by atoms with Crippen LogP contribution in [-0.2, 0) is 9.59 Å². The largest absolute Gasteiger partial charge is 0.299 e. The summed E-state index contributed by atoms with van der Waals surface area (Å²) in [6.45, 7) is 0. The molecule has 1 rings (SSSR count). The van der Waals surface area contributed by atoms with E-state index in [4.69, 9.17) is 10.5 Å². The molecule has 0 atom stereocenters. The number of anilines is 1. The average molecular weight is 270 g/mol. The third-order valence-corrected chi connectivity index (χ3v) is 1.96. The van der Waals surface area contributed by atoms with E-state index in [1.54, 1.807) is 36.4 Å². The van der Waals surface area contributed by atoms with E-state index in [9.17, 15) is 9.59 Å². The van der Waals surface area contributed by atoms with E-state index in [0.29, 0.717) is 11.4 Å². The van der Waals surface area contributed by atoms with Crippen LogP contribution in [0.5, 0.6) is 0 Å². The maximum atomic E-state index is 11.0. The molecule has 100 valence electrons. The lowest BCUT2D eigenvalue weighted by Crippen LogP contribution is -2.28. The Morgan fingerprint density at radius 2 is 1.75 bits per heavy atom. The van der Waals surface area contributed by atoms with Crippen molar-refractivity contribution in [2.24, 2.45) is 10.2 Å². The number of nitrogens with zero attached hydrogens (tertiary/aromatic N) is 4. The highest BCUT2D eigenvalue weighted by atomic mass is 16.2. The lowest BCUT2D eigenvalue weighted by molar-refractivity contribution is -0.119. The Labute approximate surface area is 114 Å². The molecule has 0 heterocycles. The minimum atomic E-state index is -0.613. The Morgan fingerprint density at radius 1 is 1.10 bits per heavy atom. The molecular formula is C12H10N6O2. The fraction of sp³-hybridized carbons (Fsp3) is 0.167. The zero-order valence-electron chi connectivity index (χ0n) is 10.3. The molecule has 8 heteroatoms. The van der Waals surface area contributed by atoms with Crippen LogP contribution in [0.3, 0.4) is 0 Å². The van der Waals surface area contributed by atoms with Crippen LogP contribution in [0.15, 0.2) is 34.5 Å². The van der Waals surface area contributed by atoms with Gasteiger partial charge in [0.05, 0.1) is 23.5 Å². The van der Waals surface area contributed by atoms with Crippen LogP contribution in [0, 0.1) is 22.7 Å². The van der Waals surface area contributed by atoms with Crippen molar-refractivity contribution in [1.29, 1.82) is 10.5 Å². The van der Waals surface area contributed by atoms with Gasteiger partial charge in [-0.15, -0.1) is 10.2 Å². The monoisotopic (exact) mass is 270 g/mol. The fourth-order valence-electron chi connectivity index (χ4n) is 1.09. The first-order chi connectivity index (χ1) is 9.65. The van der Waals surface area contributed by atoms with Gasteiger partial charge >= 0.3 is 0 Å². The fourth-order valence-corrected chi connectivity index (χ4v) is 1.09. The minimum Gasteiger partial charge on any atom is -0.299 e. The molecule has 20 heavy (non-hydrogen) atoms. The van der Waals surface area contributed by atoms with Gasteiger partial charge in [-0.3, -0.25) is 20.4 Å². The van der Waals surface area contributed by atoms with Gasteiger partial charge in [0.25, 0.3) is 11.8 Å². The third-order valence-electron chi connectivity index (χ3n) is 1.96. The molecule has 0 unspecified atom stereocenters. The van der Waals surface area contributed by atoms with Crippen LogP contribution in [0.1, 0.15) is 12.8 Å². The average Bonchev–Trinajstić information content (AvgIpc) is 2.45. The molecule has 1 aromatic carbocycles. The number of carbonyl (C=O) groups is 2. The van der Waals surface area contributed by atoms with E-state index < -0.39 is 11.8 Å². The van der Waals surface area contributed by atoms with E-state index >= 15 is 0 Å². The topological polar surface area (TPSA) is 130 Å². The number of rotatable bonds is 5. The summed E-state index contributed by atoms with van der Waals surface area (Å²) in [5.74, 6) is -1.06. The number of azo groups is 1. The van der Waals surface area contributed by atoms with Crippen molar-refractivity contribution >= 4 is 23.2 Å². The van der Waals surface area contributed by atoms with Gasteiger partial charge in [0, 0.05) is 0 Å². The second kappa shape index (κ2) is 7.95. The second-order valence-electron chi connectivity index (χ2n) is 3.48. The van der Waals surface area contributed by atoms with Crippen LogP contribution in [0.2, 0.25) is 0 Å². The van der Waals surface area contributed by atoms with E-state index in [1.165, 1.54) is 0 Å². The molecule has 0 bridgehead atoms. The summed E-state index contributed by atoms with van der Waals surface area (Å²) in [4.78, 5) is 22.0. The molecule has 0 spiro atoms. The first-order valence-corrected chi connectivity index (χ1v) is 5.49.